The van der Waals surface area contributed by atoms with Crippen molar-refractivity contribution in [2.45, 2.75) is 18.4 Å². The minimum atomic E-state index is -0.909. The van der Waals surface area contributed by atoms with Crippen LogP contribution in [0.3, 0.4) is 0 Å². The Kier molecular flexibility index (Phi) is 2.41. The van der Waals surface area contributed by atoms with Gasteiger partial charge in [0.05, 0.1) is 6.54 Å². The van der Waals surface area contributed by atoms with E-state index in [4.69, 9.17) is 0 Å². The van der Waals surface area contributed by atoms with Gasteiger partial charge < -0.3 is 10.2 Å². The molecule has 16 heavy (non-hydrogen) atoms. The van der Waals surface area contributed by atoms with Crippen molar-refractivity contribution >= 4 is 17.8 Å². The van der Waals surface area contributed by atoms with E-state index in [-0.39, 0.29) is 24.8 Å². The molecule has 0 aliphatic carbocycles. The third-order valence-corrected chi connectivity index (χ3v) is 2.96. The summed E-state index contributed by atoms with van der Waals surface area (Å²) in [6, 6.07) is -0.483. The molecular formula is C10H13N3O3. The Morgan fingerprint density at radius 3 is 2.88 bits per heavy atom. The fourth-order valence-electron chi connectivity index (χ4n) is 2.09. The first-order valence-electron chi connectivity index (χ1n) is 5.10. The van der Waals surface area contributed by atoms with E-state index >= 15 is 0 Å². The van der Waals surface area contributed by atoms with Gasteiger partial charge in [-0.15, -0.1) is 6.58 Å². The van der Waals surface area contributed by atoms with Crippen molar-refractivity contribution in [3.63, 3.8) is 0 Å². The molecule has 0 aromatic rings. The van der Waals surface area contributed by atoms with Crippen LogP contribution in [0.1, 0.15) is 12.8 Å². The van der Waals surface area contributed by atoms with Crippen molar-refractivity contribution in [1.29, 1.82) is 0 Å². The number of carbonyl (C=O) groups is 3. The third kappa shape index (κ3) is 1.56. The summed E-state index contributed by atoms with van der Waals surface area (Å²) in [6.07, 6.45) is 2.25. The van der Waals surface area contributed by atoms with Crippen molar-refractivity contribution < 1.29 is 14.4 Å². The average molecular weight is 223 g/mol. The quantitative estimate of drug-likeness (QED) is 0.483. The predicted octanol–water partition coefficient (Wildman–Crippen LogP) is -0.627. The molecule has 0 aromatic carbocycles. The Balaban J connectivity index is 2.07. The molecule has 86 valence electrons. The maximum absolute atomic E-state index is 11.6. The highest BCUT2D eigenvalue weighted by atomic mass is 16.2. The summed E-state index contributed by atoms with van der Waals surface area (Å²) >= 11 is 0. The molecule has 2 saturated heterocycles. The van der Waals surface area contributed by atoms with Crippen LogP contribution in [-0.2, 0) is 9.59 Å². The first-order chi connectivity index (χ1) is 7.57. The number of amides is 4. The van der Waals surface area contributed by atoms with Crippen molar-refractivity contribution in [3.8, 4) is 0 Å². The number of likely N-dealkylation sites (tertiary alicyclic amines) is 1. The van der Waals surface area contributed by atoms with Crippen molar-refractivity contribution in [1.82, 2.24) is 15.5 Å². The van der Waals surface area contributed by atoms with E-state index in [1.54, 1.807) is 4.90 Å². The van der Waals surface area contributed by atoms with E-state index in [2.05, 4.69) is 17.2 Å². The second-order valence-corrected chi connectivity index (χ2v) is 4.05. The maximum Gasteiger partial charge on any atom is 0.322 e. The van der Waals surface area contributed by atoms with E-state index < -0.39 is 11.6 Å². The molecule has 2 aliphatic heterocycles. The summed E-state index contributed by atoms with van der Waals surface area (Å²) < 4.78 is 0. The fourth-order valence-corrected chi connectivity index (χ4v) is 2.09. The van der Waals surface area contributed by atoms with Crippen LogP contribution in [0.2, 0.25) is 0 Å². The van der Waals surface area contributed by atoms with Crippen LogP contribution < -0.4 is 10.6 Å². The molecule has 6 heteroatoms. The molecule has 4 amide bonds. The van der Waals surface area contributed by atoms with Crippen molar-refractivity contribution in [2.75, 3.05) is 13.1 Å². The summed E-state index contributed by atoms with van der Waals surface area (Å²) in [5.74, 6) is -0.410. The lowest BCUT2D eigenvalue weighted by atomic mass is 10.00. The first kappa shape index (κ1) is 10.7. The molecule has 1 unspecified atom stereocenters. The number of nitrogens with one attached hydrogen (secondary N) is 2. The van der Waals surface area contributed by atoms with E-state index in [1.165, 1.54) is 6.08 Å². The van der Waals surface area contributed by atoms with Gasteiger partial charge in [0.15, 0.2) is 0 Å². The zero-order valence-corrected chi connectivity index (χ0v) is 8.78. The highest BCUT2D eigenvalue weighted by Crippen LogP contribution is 2.24. The summed E-state index contributed by atoms with van der Waals surface area (Å²) in [6.45, 7) is 4.23. The van der Waals surface area contributed by atoms with Gasteiger partial charge in [-0.05, 0) is 6.42 Å². The van der Waals surface area contributed by atoms with Crippen LogP contribution in [0.5, 0.6) is 0 Å². The average Bonchev–Trinajstić information content (AvgIpc) is 2.74. The molecule has 0 bridgehead atoms. The maximum atomic E-state index is 11.6. The molecule has 0 aromatic heterocycles. The Hall–Kier alpha value is -1.85. The molecule has 1 atom stereocenters. The molecule has 0 saturated carbocycles. The lowest BCUT2D eigenvalue weighted by Crippen LogP contribution is -2.49. The van der Waals surface area contributed by atoms with Gasteiger partial charge in [-0.3, -0.25) is 14.9 Å². The molecule has 1 spiro atoms. The highest BCUT2D eigenvalue weighted by Gasteiger charge is 2.51. The van der Waals surface area contributed by atoms with Crippen LogP contribution in [0.25, 0.3) is 0 Å². The second kappa shape index (κ2) is 3.62. The number of urea groups is 1. The second-order valence-electron chi connectivity index (χ2n) is 4.05. The monoisotopic (exact) mass is 223 g/mol. The largest absolute Gasteiger partial charge is 0.339 e. The van der Waals surface area contributed by atoms with E-state index in [1.807, 2.05) is 0 Å². The Morgan fingerprint density at radius 2 is 2.31 bits per heavy atom. The normalized spacial score (nSPS) is 28.1. The van der Waals surface area contributed by atoms with Gasteiger partial charge in [0.2, 0.25) is 5.91 Å². The van der Waals surface area contributed by atoms with Gasteiger partial charge >= 0.3 is 6.03 Å². The van der Waals surface area contributed by atoms with E-state index in [0.717, 1.165) is 0 Å². The van der Waals surface area contributed by atoms with Crippen LogP contribution in [-0.4, -0.2) is 41.4 Å². The summed E-state index contributed by atoms with van der Waals surface area (Å²) in [7, 11) is 0. The lowest BCUT2D eigenvalue weighted by Gasteiger charge is -2.20. The number of rotatable bonds is 2. The van der Waals surface area contributed by atoms with Crippen molar-refractivity contribution in [2.24, 2.45) is 0 Å². The number of imide groups is 1. The third-order valence-electron chi connectivity index (χ3n) is 2.96. The molecule has 2 rings (SSSR count). The minimum Gasteiger partial charge on any atom is -0.339 e. The molecule has 2 fully saturated rings. The summed E-state index contributed by atoms with van der Waals surface area (Å²) in [5, 5.41) is 4.78. The Bertz CT molecular complexity index is 380. The van der Waals surface area contributed by atoms with Crippen LogP contribution in [0.15, 0.2) is 12.7 Å². The van der Waals surface area contributed by atoms with Crippen LogP contribution in [0.4, 0.5) is 4.79 Å². The van der Waals surface area contributed by atoms with Gasteiger partial charge in [0, 0.05) is 13.0 Å². The first-order valence-corrected chi connectivity index (χ1v) is 5.10. The van der Waals surface area contributed by atoms with E-state index in [0.29, 0.717) is 13.0 Å². The van der Waals surface area contributed by atoms with Gasteiger partial charge in [-0.1, -0.05) is 6.08 Å². The van der Waals surface area contributed by atoms with Gasteiger partial charge in [0.25, 0.3) is 5.91 Å². The standard InChI is InChI=1S/C10H13N3O3/c1-2-3-7(14)13-5-4-10(6-13)8(15)11-9(16)12-10/h2H,1,3-6H2,(H2,11,12,15,16). The van der Waals surface area contributed by atoms with Crippen molar-refractivity contribution in [3.05, 3.63) is 12.7 Å². The molecule has 2 aliphatic rings. The Morgan fingerprint density at radius 1 is 1.56 bits per heavy atom. The van der Waals surface area contributed by atoms with Gasteiger partial charge in [-0.2, -0.15) is 0 Å². The predicted molar refractivity (Wildman–Crippen MR) is 55.4 cm³/mol. The molecule has 2 heterocycles. The topological polar surface area (TPSA) is 78.5 Å². The van der Waals surface area contributed by atoms with Gasteiger partial charge in [0.1, 0.15) is 5.54 Å². The smallest absolute Gasteiger partial charge is 0.322 e. The highest BCUT2D eigenvalue weighted by molar-refractivity contribution is 6.07. The SMILES string of the molecule is C=CCC(=O)N1CCC2(C1)NC(=O)NC2=O. The Labute approximate surface area is 92.7 Å². The van der Waals surface area contributed by atoms with Crippen LogP contribution >= 0.6 is 0 Å². The molecular weight excluding hydrogens is 210 g/mol. The number of hydrogen-bond acceptors (Lipinski definition) is 3. The zero-order chi connectivity index (χ0) is 11.8. The summed E-state index contributed by atoms with van der Waals surface area (Å²) in [4.78, 5) is 35.8. The minimum absolute atomic E-state index is 0.0687. The number of nitrogens with zero attached hydrogens (tertiary/aromatic N) is 1. The van der Waals surface area contributed by atoms with Crippen LogP contribution in [0, 0.1) is 0 Å². The van der Waals surface area contributed by atoms with Gasteiger partial charge in [-0.25, -0.2) is 4.79 Å². The summed E-state index contributed by atoms with van der Waals surface area (Å²) in [5.41, 5.74) is -0.909. The molecule has 0 radical (unpaired) electrons. The number of carbonyl (C=O) groups excluding carboxylic acids is 3. The zero-order valence-electron chi connectivity index (χ0n) is 8.78. The lowest BCUT2D eigenvalue weighted by molar-refractivity contribution is -0.130. The fraction of sp³-hybridized carbons (Fsp3) is 0.500. The number of hydrogen-bond donors (Lipinski definition) is 2. The molecule has 2 N–H and O–H groups in total. The van der Waals surface area contributed by atoms with E-state index in [9.17, 15) is 14.4 Å². The molecule has 6 nitrogen and oxygen atoms in total.